The number of rotatable bonds is 2. The monoisotopic (exact) mass is 286 g/mol. The first kappa shape index (κ1) is 14.0. The van der Waals surface area contributed by atoms with Crippen LogP contribution < -0.4 is 0 Å². The van der Waals surface area contributed by atoms with Crippen LogP contribution in [-0.4, -0.2) is 35.5 Å². The number of piperidine rings is 1. The van der Waals surface area contributed by atoms with E-state index < -0.39 is 0 Å². The molecule has 2 heterocycles. The van der Waals surface area contributed by atoms with Crippen molar-refractivity contribution >= 4 is 11.8 Å². The molecule has 0 amide bonds. The summed E-state index contributed by atoms with van der Waals surface area (Å²) in [5.74, 6) is 2.62. The average Bonchev–Trinajstić information content (AvgIpc) is 2.56. The van der Waals surface area contributed by atoms with Crippen molar-refractivity contribution in [3.63, 3.8) is 0 Å². The molecule has 3 heteroatoms. The van der Waals surface area contributed by atoms with E-state index in [1.165, 1.54) is 29.9 Å². The molecule has 2 fully saturated rings. The average molecular weight is 286 g/mol. The third-order valence-corrected chi connectivity index (χ3v) is 5.95. The molecule has 3 rings (SSSR count). The summed E-state index contributed by atoms with van der Waals surface area (Å²) in [6, 6.07) is 13.8. The van der Waals surface area contributed by atoms with Crippen molar-refractivity contribution in [2.45, 2.75) is 37.1 Å². The van der Waals surface area contributed by atoms with E-state index in [1.807, 2.05) is 6.07 Å². The molecule has 2 nitrogen and oxygen atoms in total. The molecule has 2 aliphatic heterocycles. The Bertz CT molecular complexity index is 466. The van der Waals surface area contributed by atoms with Crippen LogP contribution in [0.2, 0.25) is 0 Å². The topological polar surface area (TPSA) is 27.0 Å². The van der Waals surface area contributed by atoms with E-state index in [9.17, 15) is 5.26 Å². The van der Waals surface area contributed by atoms with Crippen LogP contribution in [-0.2, 0) is 5.41 Å². The molecule has 20 heavy (non-hydrogen) atoms. The van der Waals surface area contributed by atoms with Gasteiger partial charge in [-0.2, -0.15) is 17.0 Å². The van der Waals surface area contributed by atoms with E-state index in [-0.39, 0.29) is 5.41 Å². The minimum absolute atomic E-state index is 0.249. The van der Waals surface area contributed by atoms with Crippen molar-refractivity contribution in [1.29, 1.82) is 5.26 Å². The van der Waals surface area contributed by atoms with Crippen LogP contribution in [0.1, 0.15) is 31.2 Å². The summed E-state index contributed by atoms with van der Waals surface area (Å²) in [6.07, 6.45) is 4.62. The molecule has 2 aliphatic rings. The molecule has 1 aromatic rings. The van der Waals surface area contributed by atoms with Crippen LogP contribution >= 0.6 is 11.8 Å². The van der Waals surface area contributed by atoms with Crippen molar-refractivity contribution in [1.82, 2.24) is 4.90 Å². The summed E-state index contributed by atoms with van der Waals surface area (Å²) in [7, 11) is 0. The van der Waals surface area contributed by atoms with Crippen molar-refractivity contribution in [3.8, 4) is 6.07 Å². The first-order valence-corrected chi connectivity index (χ1v) is 8.78. The molecule has 0 saturated carbocycles. The Hall–Kier alpha value is -0.980. The maximum absolute atomic E-state index is 9.72. The Morgan fingerprint density at radius 1 is 1.10 bits per heavy atom. The van der Waals surface area contributed by atoms with E-state index in [2.05, 4.69) is 47.0 Å². The Balaban J connectivity index is 1.68. The minimum Gasteiger partial charge on any atom is -0.300 e. The van der Waals surface area contributed by atoms with E-state index in [0.29, 0.717) is 0 Å². The van der Waals surface area contributed by atoms with Crippen molar-refractivity contribution < 1.29 is 0 Å². The Labute approximate surface area is 126 Å². The molecule has 0 aliphatic carbocycles. The van der Waals surface area contributed by atoms with Crippen LogP contribution in [0.15, 0.2) is 30.3 Å². The normalized spacial score (nSPS) is 24.1. The van der Waals surface area contributed by atoms with Gasteiger partial charge in [0, 0.05) is 19.1 Å². The number of benzene rings is 1. The zero-order valence-corrected chi connectivity index (χ0v) is 12.7. The summed E-state index contributed by atoms with van der Waals surface area (Å²) in [4.78, 5) is 2.64. The largest absolute Gasteiger partial charge is 0.300 e. The lowest BCUT2D eigenvalue weighted by atomic mass is 9.73. The lowest BCUT2D eigenvalue weighted by Crippen LogP contribution is -2.47. The molecule has 0 aromatic heterocycles. The second kappa shape index (κ2) is 6.20. The van der Waals surface area contributed by atoms with Gasteiger partial charge in [-0.15, -0.1) is 0 Å². The second-order valence-electron chi connectivity index (χ2n) is 5.94. The number of thioether (sulfide) groups is 1. The smallest absolute Gasteiger partial charge is 0.0846 e. The molecule has 0 bridgehead atoms. The molecule has 2 saturated heterocycles. The van der Waals surface area contributed by atoms with E-state index in [1.54, 1.807) is 0 Å². The lowest BCUT2D eigenvalue weighted by Gasteiger charge is -2.42. The van der Waals surface area contributed by atoms with Gasteiger partial charge in [0.15, 0.2) is 0 Å². The zero-order chi connectivity index (χ0) is 13.8. The molecule has 0 radical (unpaired) electrons. The number of nitrogens with zero attached hydrogens (tertiary/aromatic N) is 2. The Morgan fingerprint density at radius 2 is 1.75 bits per heavy atom. The fraction of sp³-hybridized carbons (Fsp3) is 0.588. The molecule has 0 N–H and O–H groups in total. The highest BCUT2D eigenvalue weighted by Gasteiger charge is 2.38. The predicted octanol–water partition coefficient (Wildman–Crippen LogP) is 3.44. The van der Waals surface area contributed by atoms with Gasteiger partial charge in [-0.1, -0.05) is 30.3 Å². The fourth-order valence-corrected chi connectivity index (χ4v) is 4.63. The maximum atomic E-state index is 9.72. The van der Waals surface area contributed by atoms with Gasteiger partial charge in [0.25, 0.3) is 0 Å². The van der Waals surface area contributed by atoms with Crippen molar-refractivity contribution in [3.05, 3.63) is 35.9 Å². The highest BCUT2D eigenvalue weighted by atomic mass is 32.2. The van der Waals surface area contributed by atoms with Gasteiger partial charge >= 0.3 is 0 Å². The standard InChI is InChI=1S/C17H22N2S/c18-14-17(15-4-2-1-3-5-15)8-10-19(11-9-17)16-6-12-20-13-7-16/h1-5,16H,6-13H2. The Morgan fingerprint density at radius 3 is 2.35 bits per heavy atom. The van der Waals surface area contributed by atoms with Crippen LogP contribution in [0.4, 0.5) is 0 Å². The molecular formula is C17H22N2S. The van der Waals surface area contributed by atoms with E-state index in [4.69, 9.17) is 0 Å². The van der Waals surface area contributed by atoms with Crippen LogP contribution in [0.3, 0.4) is 0 Å². The fourth-order valence-electron chi connectivity index (χ4n) is 3.54. The molecule has 1 aromatic carbocycles. The van der Waals surface area contributed by atoms with Gasteiger partial charge in [0.05, 0.1) is 11.5 Å². The highest BCUT2D eigenvalue weighted by Crippen LogP contribution is 2.36. The van der Waals surface area contributed by atoms with Crippen molar-refractivity contribution in [2.24, 2.45) is 0 Å². The maximum Gasteiger partial charge on any atom is 0.0846 e. The quantitative estimate of drug-likeness (QED) is 0.833. The highest BCUT2D eigenvalue weighted by molar-refractivity contribution is 7.99. The summed E-state index contributed by atoms with van der Waals surface area (Å²) >= 11 is 2.08. The number of nitriles is 1. The van der Waals surface area contributed by atoms with Gasteiger partial charge in [-0.25, -0.2) is 0 Å². The number of likely N-dealkylation sites (tertiary alicyclic amines) is 1. The van der Waals surface area contributed by atoms with Crippen LogP contribution in [0.25, 0.3) is 0 Å². The first-order valence-electron chi connectivity index (χ1n) is 7.63. The molecular weight excluding hydrogens is 264 g/mol. The summed E-state index contributed by atoms with van der Waals surface area (Å²) in [5, 5.41) is 9.72. The van der Waals surface area contributed by atoms with Crippen molar-refractivity contribution in [2.75, 3.05) is 24.6 Å². The zero-order valence-electron chi connectivity index (χ0n) is 11.9. The van der Waals surface area contributed by atoms with Crippen LogP contribution in [0.5, 0.6) is 0 Å². The van der Waals surface area contributed by atoms with Crippen LogP contribution in [0, 0.1) is 11.3 Å². The van der Waals surface area contributed by atoms with Gasteiger partial charge in [-0.3, -0.25) is 0 Å². The van der Waals surface area contributed by atoms with Gasteiger partial charge < -0.3 is 4.90 Å². The molecule has 0 atom stereocenters. The predicted molar refractivity (Wildman–Crippen MR) is 84.9 cm³/mol. The summed E-state index contributed by atoms with van der Waals surface area (Å²) in [6.45, 7) is 2.16. The van der Waals surface area contributed by atoms with Gasteiger partial charge in [0.1, 0.15) is 0 Å². The number of hydrogen-bond donors (Lipinski definition) is 0. The van der Waals surface area contributed by atoms with E-state index >= 15 is 0 Å². The summed E-state index contributed by atoms with van der Waals surface area (Å²) in [5.41, 5.74) is 0.961. The molecule has 0 unspecified atom stereocenters. The third-order valence-electron chi connectivity index (χ3n) is 4.90. The molecule has 106 valence electrons. The third kappa shape index (κ3) is 2.73. The Kier molecular flexibility index (Phi) is 4.33. The summed E-state index contributed by atoms with van der Waals surface area (Å²) < 4.78 is 0. The van der Waals surface area contributed by atoms with E-state index in [0.717, 1.165) is 32.0 Å². The number of hydrogen-bond acceptors (Lipinski definition) is 3. The van der Waals surface area contributed by atoms with Gasteiger partial charge in [-0.05, 0) is 42.8 Å². The lowest BCUT2D eigenvalue weighted by molar-refractivity contribution is 0.127. The minimum atomic E-state index is -0.249. The molecule has 0 spiro atoms. The van der Waals surface area contributed by atoms with Gasteiger partial charge in [0.2, 0.25) is 0 Å². The SMILES string of the molecule is N#CC1(c2ccccc2)CCN(C2CCSCC2)CC1. The second-order valence-corrected chi connectivity index (χ2v) is 7.16. The first-order chi connectivity index (χ1) is 9.84.